The number of nitrogens with one attached hydrogen (secondary N) is 1. The van der Waals surface area contributed by atoms with E-state index in [2.05, 4.69) is 22.2 Å². The van der Waals surface area contributed by atoms with Crippen molar-refractivity contribution in [1.29, 1.82) is 0 Å². The highest BCUT2D eigenvalue weighted by Crippen LogP contribution is 2.30. The predicted octanol–water partition coefficient (Wildman–Crippen LogP) is 2.63. The Morgan fingerprint density at radius 3 is 2.80 bits per heavy atom. The van der Waals surface area contributed by atoms with Gasteiger partial charge >= 0.3 is 0 Å². The Kier molecular flexibility index (Phi) is 3.19. The quantitative estimate of drug-likeness (QED) is 0.824. The Morgan fingerprint density at radius 1 is 1.33 bits per heavy atom. The van der Waals surface area contributed by atoms with E-state index in [0.29, 0.717) is 0 Å². The van der Waals surface area contributed by atoms with Crippen molar-refractivity contribution in [1.82, 2.24) is 9.97 Å². The molecule has 1 saturated carbocycles. The SMILES string of the molecule is Cc1nccnc1NCC1CCC(C)C1. The van der Waals surface area contributed by atoms with Crippen LogP contribution in [0, 0.1) is 18.8 Å². The minimum absolute atomic E-state index is 0.821. The van der Waals surface area contributed by atoms with E-state index >= 15 is 0 Å². The van der Waals surface area contributed by atoms with Crippen LogP contribution >= 0.6 is 0 Å². The fourth-order valence-corrected chi connectivity index (χ4v) is 2.33. The highest BCUT2D eigenvalue weighted by atomic mass is 15.0. The zero-order valence-electron chi connectivity index (χ0n) is 9.53. The maximum Gasteiger partial charge on any atom is 0.147 e. The molecule has 0 saturated heterocycles. The molecule has 0 bridgehead atoms. The van der Waals surface area contributed by atoms with Gasteiger partial charge in [0.05, 0.1) is 5.69 Å². The summed E-state index contributed by atoms with van der Waals surface area (Å²) in [5.41, 5.74) is 0.989. The predicted molar refractivity (Wildman–Crippen MR) is 61.8 cm³/mol. The molecular weight excluding hydrogens is 186 g/mol. The first kappa shape index (κ1) is 10.4. The van der Waals surface area contributed by atoms with Gasteiger partial charge in [0.15, 0.2) is 0 Å². The average molecular weight is 205 g/mol. The Balaban J connectivity index is 1.86. The molecular formula is C12H19N3. The molecule has 1 aliphatic carbocycles. The molecule has 1 aromatic rings. The maximum absolute atomic E-state index is 4.28. The monoisotopic (exact) mass is 205 g/mol. The molecule has 2 unspecified atom stereocenters. The second-order valence-corrected chi connectivity index (χ2v) is 4.66. The molecule has 0 spiro atoms. The van der Waals surface area contributed by atoms with Crippen LogP contribution in [0.3, 0.4) is 0 Å². The molecule has 3 nitrogen and oxygen atoms in total. The largest absolute Gasteiger partial charge is 0.368 e. The van der Waals surface area contributed by atoms with Gasteiger partial charge in [-0.15, -0.1) is 0 Å². The zero-order chi connectivity index (χ0) is 10.7. The van der Waals surface area contributed by atoms with Crippen molar-refractivity contribution in [3.8, 4) is 0 Å². The molecule has 15 heavy (non-hydrogen) atoms. The number of anilines is 1. The van der Waals surface area contributed by atoms with Gasteiger partial charge in [-0.1, -0.05) is 13.3 Å². The van der Waals surface area contributed by atoms with Crippen LogP contribution in [-0.4, -0.2) is 16.5 Å². The summed E-state index contributed by atoms with van der Waals surface area (Å²) in [6.07, 6.45) is 7.57. The number of hydrogen-bond acceptors (Lipinski definition) is 3. The van der Waals surface area contributed by atoms with Gasteiger partial charge in [-0.25, -0.2) is 4.98 Å². The second-order valence-electron chi connectivity index (χ2n) is 4.66. The third kappa shape index (κ3) is 2.67. The number of aryl methyl sites for hydroxylation is 1. The molecule has 0 aliphatic heterocycles. The number of hydrogen-bond donors (Lipinski definition) is 1. The summed E-state index contributed by atoms with van der Waals surface area (Å²) < 4.78 is 0. The lowest BCUT2D eigenvalue weighted by atomic mass is 10.1. The van der Waals surface area contributed by atoms with Gasteiger partial charge in [-0.05, 0) is 31.6 Å². The lowest BCUT2D eigenvalue weighted by Crippen LogP contribution is -2.13. The van der Waals surface area contributed by atoms with Gasteiger partial charge < -0.3 is 5.32 Å². The molecule has 3 heteroatoms. The standard InChI is InChI=1S/C12H19N3/c1-9-3-4-11(7-9)8-15-12-10(2)13-5-6-14-12/h5-6,9,11H,3-4,7-8H2,1-2H3,(H,14,15). The molecule has 1 heterocycles. The van der Waals surface area contributed by atoms with E-state index in [4.69, 9.17) is 0 Å². The van der Waals surface area contributed by atoms with Crippen LogP contribution in [0.25, 0.3) is 0 Å². The summed E-state index contributed by atoms with van der Waals surface area (Å²) in [5, 5.41) is 3.40. The van der Waals surface area contributed by atoms with Crippen LogP contribution in [-0.2, 0) is 0 Å². The van der Waals surface area contributed by atoms with E-state index in [0.717, 1.165) is 29.9 Å². The van der Waals surface area contributed by atoms with Crippen LogP contribution in [0.1, 0.15) is 31.9 Å². The molecule has 0 aromatic carbocycles. The molecule has 2 atom stereocenters. The van der Waals surface area contributed by atoms with Crippen LogP contribution in [0.4, 0.5) is 5.82 Å². The van der Waals surface area contributed by atoms with E-state index in [1.165, 1.54) is 19.3 Å². The van der Waals surface area contributed by atoms with Crippen molar-refractivity contribution in [3.63, 3.8) is 0 Å². The molecule has 1 fully saturated rings. The van der Waals surface area contributed by atoms with Crippen molar-refractivity contribution in [2.45, 2.75) is 33.1 Å². The Labute approximate surface area is 91.3 Å². The van der Waals surface area contributed by atoms with Crippen LogP contribution in [0.15, 0.2) is 12.4 Å². The summed E-state index contributed by atoms with van der Waals surface area (Å²) in [7, 11) is 0. The molecule has 2 rings (SSSR count). The normalized spacial score (nSPS) is 25.5. The third-order valence-corrected chi connectivity index (χ3v) is 3.24. The highest BCUT2D eigenvalue weighted by Gasteiger charge is 2.20. The third-order valence-electron chi connectivity index (χ3n) is 3.24. The van der Waals surface area contributed by atoms with Crippen molar-refractivity contribution < 1.29 is 0 Å². The molecule has 1 aromatic heterocycles. The summed E-state index contributed by atoms with van der Waals surface area (Å²) >= 11 is 0. The summed E-state index contributed by atoms with van der Waals surface area (Å²) in [4.78, 5) is 8.50. The molecule has 1 N–H and O–H groups in total. The van der Waals surface area contributed by atoms with Gasteiger partial charge in [0.25, 0.3) is 0 Å². The van der Waals surface area contributed by atoms with Gasteiger partial charge in [0.1, 0.15) is 5.82 Å². The van der Waals surface area contributed by atoms with Crippen molar-refractivity contribution in [2.75, 3.05) is 11.9 Å². The Morgan fingerprint density at radius 2 is 2.13 bits per heavy atom. The number of aromatic nitrogens is 2. The molecule has 0 radical (unpaired) electrons. The van der Waals surface area contributed by atoms with Crippen molar-refractivity contribution in [3.05, 3.63) is 18.1 Å². The number of nitrogens with zero attached hydrogens (tertiary/aromatic N) is 2. The van der Waals surface area contributed by atoms with Crippen molar-refractivity contribution >= 4 is 5.82 Å². The Hall–Kier alpha value is -1.12. The lowest BCUT2D eigenvalue weighted by Gasteiger charge is -2.12. The minimum Gasteiger partial charge on any atom is -0.368 e. The van der Waals surface area contributed by atoms with Crippen LogP contribution in [0.2, 0.25) is 0 Å². The molecule has 1 aliphatic rings. The summed E-state index contributed by atoms with van der Waals surface area (Å²) in [6, 6.07) is 0. The van der Waals surface area contributed by atoms with Gasteiger partial charge in [-0.2, -0.15) is 0 Å². The first-order chi connectivity index (χ1) is 7.25. The van der Waals surface area contributed by atoms with E-state index < -0.39 is 0 Å². The van der Waals surface area contributed by atoms with Gasteiger partial charge in [0, 0.05) is 18.9 Å². The van der Waals surface area contributed by atoms with Crippen LogP contribution in [0.5, 0.6) is 0 Å². The minimum atomic E-state index is 0.821. The van der Waals surface area contributed by atoms with E-state index in [1.54, 1.807) is 12.4 Å². The van der Waals surface area contributed by atoms with E-state index in [1.807, 2.05) is 6.92 Å². The van der Waals surface area contributed by atoms with Crippen molar-refractivity contribution in [2.24, 2.45) is 11.8 Å². The Bertz CT molecular complexity index is 324. The zero-order valence-corrected chi connectivity index (χ0v) is 9.53. The first-order valence-electron chi connectivity index (χ1n) is 5.77. The van der Waals surface area contributed by atoms with Gasteiger partial charge in [-0.3, -0.25) is 4.98 Å². The average Bonchev–Trinajstić information content (AvgIpc) is 2.63. The number of rotatable bonds is 3. The highest BCUT2D eigenvalue weighted by molar-refractivity contribution is 5.38. The van der Waals surface area contributed by atoms with E-state index in [9.17, 15) is 0 Å². The summed E-state index contributed by atoms with van der Waals surface area (Å²) in [6.45, 7) is 5.38. The fourth-order valence-electron chi connectivity index (χ4n) is 2.33. The topological polar surface area (TPSA) is 37.8 Å². The summed E-state index contributed by atoms with van der Waals surface area (Å²) in [5.74, 6) is 2.67. The second kappa shape index (κ2) is 4.60. The van der Waals surface area contributed by atoms with Gasteiger partial charge in [0.2, 0.25) is 0 Å². The lowest BCUT2D eigenvalue weighted by molar-refractivity contribution is 0.536. The molecule has 82 valence electrons. The first-order valence-corrected chi connectivity index (χ1v) is 5.77. The fraction of sp³-hybridized carbons (Fsp3) is 0.667. The van der Waals surface area contributed by atoms with E-state index in [-0.39, 0.29) is 0 Å². The van der Waals surface area contributed by atoms with Crippen LogP contribution < -0.4 is 5.32 Å². The molecule has 0 amide bonds. The maximum atomic E-state index is 4.28. The smallest absolute Gasteiger partial charge is 0.147 e.